The normalized spacial score (nSPS) is 17.2. The van der Waals surface area contributed by atoms with E-state index in [9.17, 15) is 13.9 Å². The Bertz CT molecular complexity index is 1330. The maximum atomic E-state index is 14.5. The number of nitrogens with zero attached hydrogens (tertiary/aromatic N) is 3. The third-order valence-electron chi connectivity index (χ3n) is 6.00. The van der Waals surface area contributed by atoms with Crippen LogP contribution in [0.2, 0.25) is 10.0 Å². The lowest BCUT2D eigenvalue weighted by molar-refractivity contribution is -0.0671. The fourth-order valence-corrected chi connectivity index (χ4v) is 4.21. The number of nitrogens with two attached hydrogens (primary N) is 3. The van der Waals surface area contributed by atoms with Gasteiger partial charge in [-0.1, -0.05) is 29.3 Å². The molecule has 41 heavy (non-hydrogen) atoms. The van der Waals surface area contributed by atoms with Crippen molar-refractivity contribution in [3.8, 4) is 0 Å². The van der Waals surface area contributed by atoms with Crippen molar-refractivity contribution in [3.05, 3.63) is 69.3 Å². The van der Waals surface area contributed by atoms with Crippen LogP contribution in [0.5, 0.6) is 0 Å². The highest BCUT2D eigenvalue weighted by molar-refractivity contribution is 6.31. The first kappa shape index (κ1) is 32.6. The molecule has 2 unspecified atom stereocenters. The van der Waals surface area contributed by atoms with Crippen LogP contribution in [-0.4, -0.2) is 61.2 Å². The van der Waals surface area contributed by atoms with Gasteiger partial charge >= 0.3 is 0 Å². The summed E-state index contributed by atoms with van der Waals surface area (Å²) in [6.45, 7) is 3.53. The molecule has 2 aromatic rings. The van der Waals surface area contributed by atoms with Crippen LogP contribution in [0.1, 0.15) is 43.7 Å². The Morgan fingerprint density at radius 2 is 1.93 bits per heavy atom. The van der Waals surface area contributed by atoms with E-state index in [1.165, 1.54) is 18.3 Å². The van der Waals surface area contributed by atoms with Crippen LogP contribution < -0.4 is 17.2 Å². The van der Waals surface area contributed by atoms with Crippen molar-refractivity contribution in [2.45, 2.75) is 51.0 Å². The van der Waals surface area contributed by atoms with Gasteiger partial charge in [0.1, 0.15) is 18.4 Å². The van der Waals surface area contributed by atoms with E-state index >= 15 is 0 Å². The number of aliphatic hydroxyl groups is 1. The molecule has 222 valence electrons. The van der Waals surface area contributed by atoms with Crippen LogP contribution in [0.25, 0.3) is 5.57 Å². The van der Waals surface area contributed by atoms with Gasteiger partial charge < -0.3 is 31.8 Å². The third kappa shape index (κ3) is 9.29. The van der Waals surface area contributed by atoms with E-state index in [-0.39, 0.29) is 41.0 Å². The minimum Gasteiger partial charge on any atom is -0.404 e. The summed E-state index contributed by atoms with van der Waals surface area (Å²) in [4.78, 5) is 13.2. The Labute approximate surface area is 247 Å². The molecule has 0 radical (unpaired) electrons. The Balaban J connectivity index is 1.95. The number of amidine groups is 2. The lowest BCUT2D eigenvalue weighted by Crippen LogP contribution is -2.45. The van der Waals surface area contributed by atoms with Crippen molar-refractivity contribution in [2.24, 2.45) is 32.2 Å². The molecule has 0 aliphatic heterocycles. The second-order valence-corrected chi connectivity index (χ2v) is 10.2. The summed E-state index contributed by atoms with van der Waals surface area (Å²) in [7, 11) is 0. The monoisotopic (exact) mass is 610 g/mol. The van der Waals surface area contributed by atoms with Crippen molar-refractivity contribution in [1.82, 2.24) is 0 Å². The maximum absolute atomic E-state index is 14.5. The standard InChI is InChI=1S/C28H34Cl2F2N6O3/c1-3-40-14-24(35)41-27(23(39)13-36-12-17(11-33)20-8-9-21(30)26(32)25(20)31)28(37-15(2)34)38-22-10-18(29)6-7-19(22)16-4-5-16/h6-12,16,23-24,27,39H,3-5,13-14,33,35H2,1-2H3,(H2,34,37,38)/t23-,24?,27?/m0/s1. The number of halogens is 4. The van der Waals surface area contributed by atoms with E-state index in [0.717, 1.165) is 24.6 Å². The summed E-state index contributed by atoms with van der Waals surface area (Å²) in [5.41, 5.74) is 19.1. The molecule has 7 N–H and O–H groups in total. The molecule has 1 aliphatic rings. The number of aliphatic imine (C=N–C) groups is 3. The quantitative estimate of drug-likeness (QED) is 0.112. The first-order valence-corrected chi connectivity index (χ1v) is 13.7. The van der Waals surface area contributed by atoms with Gasteiger partial charge in [-0.25, -0.2) is 18.8 Å². The molecule has 13 heteroatoms. The number of ether oxygens (including phenoxy) is 2. The van der Waals surface area contributed by atoms with Crippen molar-refractivity contribution < 1.29 is 23.4 Å². The predicted octanol–water partition coefficient (Wildman–Crippen LogP) is 4.69. The highest BCUT2D eigenvalue weighted by atomic mass is 35.5. The third-order valence-corrected chi connectivity index (χ3v) is 6.52. The largest absolute Gasteiger partial charge is 0.404 e. The maximum Gasteiger partial charge on any atom is 0.178 e. The average Bonchev–Trinajstić information content (AvgIpc) is 3.77. The molecule has 1 saturated carbocycles. The summed E-state index contributed by atoms with van der Waals surface area (Å²) >= 11 is 11.9. The summed E-state index contributed by atoms with van der Waals surface area (Å²) in [6, 6.07) is 7.88. The topological polar surface area (TPSA) is 154 Å². The molecule has 0 saturated heterocycles. The van der Waals surface area contributed by atoms with E-state index in [2.05, 4.69) is 9.98 Å². The molecule has 1 aliphatic carbocycles. The molecule has 0 aromatic heterocycles. The van der Waals surface area contributed by atoms with Gasteiger partial charge in [-0.2, -0.15) is 0 Å². The van der Waals surface area contributed by atoms with Crippen molar-refractivity contribution >= 4 is 52.3 Å². The predicted molar refractivity (Wildman–Crippen MR) is 160 cm³/mol. The first-order valence-electron chi connectivity index (χ1n) is 13.0. The lowest BCUT2D eigenvalue weighted by atomic mass is 10.1. The van der Waals surface area contributed by atoms with E-state index in [0.29, 0.717) is 23.2 Å². The highest BCUT2D eigenvalue weighted by Gasteiger charge is 2.30. The number of aliphatic hydroxyl groups excluding tert-OH is 1. The van der Waals surface area contributed by atoms with E-state index in [1.807, 2.05) is 6.07 Å². The van der Waals surface area contributed by atoms with Gasteiger partial charge in [-0.05, 0) is 62.4 Å². The van der Waals surface area contributed by atoms with Crippen LogP contribution in [0.15, 0.2) is 51.5 Å². The molecule has 3 atom stereocenters. The Hall–Kier alpha value is -2.93. The summed E-state index contributed by atoms with van der Waals surface area (Å²) < 4.78 is 39.8. The molecule has 0 spiro atoms. The van der Waals surface area contributed by atoms with Gasteiger partial charge in [0.15, 0.2) is 17.5 Å². The SMILES string of the molecule is CCOCC(N)OC(C(N=C(C)N)=Nc1cc(Cl)ccc1C1CC1)[C@@H](O)CN=CC(=CN)c1ccc(Cl)c(F)c1F. The van der Waals surface area contributed by atoms with E-state index < -0.39 is 30.1 Å². The molecule has 2 aromatic carbocycles. The highest BCUT2D eigenvalue weighted by Crippen LogP contribution is 2.45. The van der Waals surface area contributed by atoms with Crippen molar-refractivity contribution in [2.75, 3.05) is 19.8 Å². The molecule has 0 heterocycles. The minimum absolute atomic E-state index is 0.0353. The van der Waals surface area contributed by atoms with E-state index in [4.69, 9.17) is 54.9 Å². The fraction of sp³-hybridized carbons (Fsp3) is 0.393. The van der Waals surface area contributed by atoms with E-state index in [1.54, 1.807) is 26.0 Å². The Kier molecular flexibility index (Phi) is 12.2. The molecular weight excluding hydrogens is 577 g/mol. The van der Waals surface area contributed by atoms with Crippen LogP contribution in [0, 0.1) is 11.6 Å². The van der Waals surface area contributed by atoms with Gasteiger partial charge in [0.05, 0.1) is 29.7 Å². The first-order chi connectivity index (χ1) is 19.5. The van der Waals surface area contributed by atoms with Gasteiger partial charge in [0.2, 0.25) is 0 Å². The van der Waals surface area contributed by atoms with Gasteiger partial charge in [-0.15, -0.1) is 0 Å². The molecule has 0 bridgehead atoms. The number of rotatable bonds is 13. The molecule has 0 amide bonds. The molecular formula is C28H34Cl2F2N6O3. The summed E-state index contributed by atoms with van der Waals surface area (Å²) in [6.07, 6.45) is 0.778. The average molecular weight is 612 g/mol. The van der Waals surface area contributed by atoms with Crippen molar-refractivity contribution in [1.29, 1.82) is 0 Å². The zero-order valence-electron chi connectivity index (χ0n) is 22.7. The van der Waals surface area contributed by atoms with Crippen LogP contribution >= 0.6 is 23.2 Å². The number of hydrogen-bond acceptors (Lipinski definition) is 7. The zero-order valence-corrected chi connectivity index (χ0v) is 24.2. The molecule has 9 nitrogen and oxygen atoms in total. The molecule has 3 rings (SSSR count). The molecule has 1 fully saturated rings. The van der Waals surface area contributed by atoms with Crippen LogP contribution in [0.3, 0.4) is 0 Å². The number of benzene rings is 2. The van der Waals surface area contributed by atoms with Crippen molar-refractivity contribution in [3.63, 3.8) is 0 Å². The smallest absolute Gasteiger partial charge is 0.178 e. The second kappa shape index (κ2) is 15.3. The number of allylic oxidation sites excluding steroid dienone is 1. The lowest BCUT2D eigenvalue weighted by Gasteiger charge is -2.25. The minimum atomic E-state index is -1.35. The summed E-state index contributed by atoms with van der Waals surface area (Å²) in [5.74, 6) is -1.85. The van der Waals surface area contributed by atoms with Gasteiger partial charge in [0, 0.05) is 35.2 Å². The summed E-state index contributed by atoms with van der Waals surface area (Å²) in [5, 5.41) is 11.3. The second-order valence-electron chi connectivity index (χ2n) is 9.36. The zero-order chi connectivity index (χ0) is 30.1. The van der Waals surface area contributed by atoms with Crippen LogP contribution in [-0.2, 0) is 9.47 Å². The number of hydrogen-bond donors (Lipinski definition) is 4. The fourth-order valence-electron chi connectivity index (χ4n) is 3.90. The Morgan fingerprint density at radius 1 is 1.20 bits per heavy atom. The van der Waals surface area contributed by atoms with Gasteiger partial charge in [-0.3, -0.25) is 4.99 Å². The Morgan fingerprint density at radius 3 is 2.56 bits per heavy atom. The van der Waals surface area contributed by atoms with Gasteiger partial charge in [0.25, 0.3) is 0 Å². The van der Waals surface area contributed by atoms with Crippen LogP contribution in [0.4, 0.5) is 14.5 Å².